The number of hydrogen-bond donors (Lipinski definition) is 1. The van der Waals surface area contributed by atoms with Crippen molar-refractivity contribution in [3.05, 3.63) is 34.5 Å². The molecule has 1 aliphatic carbocycles. The van der Waals surface area contributed by atoms with E-state index >= 15 is 0 Å². The lowest BCUT2D eigenvalue weighted by Crippen LogP contribution is -2.38. The predicted octanol–water partition coefficient (Wildman–Crippen LogP) is 5.85. The maximum atomic E-state index is 13.1. The molecule has 1 heterocycles. The summed E-state index contributed by atoms with van der Waals surface area (Å²) in [6, 6.07) is 3.49. The van der Waals surface area contributed by atoms with Gasteiger partial charge in [0.15, 0.2) is 11.6 Å². The first-order chi connectivity index (χ1) is 18.5. The van der Waals surface area contributed by atoms with Crippen molar-refractivity contribution >= 4 is 27.3 Å². The van der Waals surface area contributed by atoms with E-state index in [2.05, 4.69) is 10.4 Å². The molecule has 2 aromatic rings. The molecule has 0 bridgehead atoms. The molecule has 1 amide bonds. The minimum Gasteiger partial charge on any atom is -0.496 e. The lowest BCUT2D eigenvalue weighted by atomic mass is 9.89. The van der Waals surface area contributed by atoms with E-state index in [-0.39, 0.29) is 57.5 Å². The quantitative estimate of drug-likeness (QED) is 0.357. The van der Waals surface area contributed by atoms with Crippen molar-refractivity contribution in [1.82, 2.24) is 15.1 Å². The van der Waals surface area contributed by atoms with Crippen molar-refractivity contribution in [3.8, 4) is 17.0 Å². The topological polar surface area (TPSA) is 90.3 Å². The van der Waals surface area contributed by atoms with Gasteiger partial charge in [0.25, 0.3) is 5.91 Å². The highest BCUT2D eigenvalue weighted by Crippen LogP contribution is 2.43. The number of halogens is 7. The molecule has 40 heavy (non-hydrogen) atoms. The molecule has 3 rings (SSSR count). The second-order valence-electron chi connectivity index (χ2n) is 9.88. The van der Waals surface area contributed by atoms with Gasteiger partial charge in [-0.1, -0.05) is 17.7 Å². The first-order valence-corrected chi connectivity index (χ1v) is 14.8. The Kier molecular flexibility index (Phi) is 9.75. The van der Waals surface area contributed by atoms with E-state index in [9.17, 15) is 39.6 Å². The van der Waals surface area contributed by atoms with E-state index in [4.69, 9.17) is 16.3 Å². The molecule has 0 aliphatic heterocycles. The lowest BCUT2D eigenvalue weighted by Gasteiger charge is -2.27. The number of methoxy groups -OCH3 is 1. The SMILES string of the molecule is CCn1nc(C(=O)NC[C@H]2CC[C@H](S(C)(=O)=O)CC2)c(Cl)c1-c1ccc(CC(C(F)(F)F)C(F)(F)F)cc1OC. The Bertz CT molecular complexity index is 1310. The van der Waals surface area contributed by atoms with Gasteiger partial charge in [-0.15, -0.1) is 0 Å². The zero-order valence-electron chi connectivity index (χ0n) is 22.0. The third kappa shape index (κ3) is 7.42. The normalized spacial score (nSPS) is 18.7. The standard InChI is InChI=1S/C25H30ClF6N3O4S/c1-4-35-22(17-10-7-15(11-18(17)39-2)12-19(24(27,28)29)25(30,31)32)20(26)21(34-35)23(36)33-13-14-5-8-16(9-6-14)40(3,37)38/h7,10-11,14,16,19H,4-6,8-9,12-13H2,1-3H3,(H,33,36)/t14-,16-. The molecule has 1 saturated carbocycles. The van der Waals surface area contributed by atoms with E-state index in [1.165, 1.54) is 24.1 Å². The highest BCUT2D eigenvalue weighted by molar-refractivity contribution is 7.91. The van der Waals surface area contributed by atoms with Crippen LogP contribution in [0, 0.1) is 11.8 Å². The molecule has 7 nitrogen and oxygen atoms in total. The zero-order valence-corrected chi connectivity index (χ0v) is 23.6. The fourth-order valence-corrected chi connectivity index (χ4v) is 6.32. The Balaban J connectivity index is 1.82. The number of carbonyl (C=O) groups excluding carboxylic acids is 1. The Hall–Kier alpha value is -2.48. The van der Waals surface area contributed by atoms with Gasteiger partial charge in [0.1, 0.15) is 15.6 Å². The Morgan fingerprint density at radius 3 is 2.25 bits per heavy atom. The minimum atomic E-state index is -5.48. The molecule has 0 spiro atoms. The Morgan fingerprint density at radius 1 is 1.15 bits per heavy atom. The molecular formula is C25H30ClF6N3O4S. The van der Waals surface area contributed by atoms with Crippen LogP contribution in [0.4, 0.5) is 26.3 Å². The molecule has 1 N–H and O–H groups in total. The number of benzene rings is 1. The van der Waals surface area contributed by atoms with Crippen LogP contribution in [0.2, 0.25) is 5.02 Å². The van der Waals surface area contributed by atoms with Crippen molar-refractivity contribution < 1.29 is 44.3 Å². The summed E-state index contributed by atoms with van der Waals surface area (Å²) in [5.74, 6) is -4.07. The van der Waals surface area contributed by atoms with Gasteiger partial charge >= 0.3 is 12.4 Å². The van der Waals surface area contributed by atoms with E-state index < -0.39 is 40.4 Å². The fraction of sp³-hybridized carbons (Fsp3) is 0.600. The van der Waals surface area contributed by atoms with E-state index in [1.54, 1.807) is 6.92 Å². The molecule has 224 valence electrons. The third-order valence-corrected chi connectivity index (χ3v) is 9.15. The molecule has 1 aromatic heterocycles. The van der Waals surface area contributed by atoms with Gasteiger partial charge in [0, 0.05) is 24.9 Å². The summed E-state index contributed by atoms with van der Waals surface area (Å²) >= 11 is 6.54. The second kappa shape index (κ2) is 12.2. The number of amides is 1. The molecule has 0 unspecified atom stereocenters. The Morgan fingerprint density at radius 2 is 1.75 bits per heavy atom. The monoisotopic (exact) mass is 617 g/mol. The lowest BCUT2D eigenvalue weighted by molar-refractivity contribution is -0.283. The molecule has 0 radical (unpaired) electrons. The number of alkyl halides is 6. The van der Waals surface area contributed by atoms with Crippen molar-refractivity contribution in [1.29, 1.82) is 0 Å². The third-order valence-electron chi connectivity index (χ3n) is 7.11. The summed E-state index contributed by atoms with van der Waals surface area (Å²) in [6.07, 6.45) is -8.79. The van der Waals surface area contributed by atoms with Crippen LogP contribution in [0.3, 0.4) is 0 Å². The zero-order chi connectivity index (χ0) is 30.0. The van der Waals surface area contributed by atoms with E-state index in [1.807, 2.05) is 0 Å². The van der Waals surface area contributed by atoms with Crippen molar-refractivity contribution in [3.63, 3.8) is 0 Å². The van der Waals surface area contributed by atoms with Crippen molar-refractivity contribution in [2.45, 2.75) is 63.2 Å². The van der Waals surface area contributed by atoms with Gasteiger partial charge in [0.05, 0.1) is 23.1 Å². The largest absolute Gasteiger partial charge is 0.496 e. The number of carbonyl (C=O) groups is 1. The molecule has 1 aliphatic rings. The smallest absolute Gasteiger partial charge is 0.400 e. The number of nitrogens with zero attached hydrogens (tertiary/aromatic N) is 2. The van der Waals surface area contributed by atoms with Gasteiger partial charge < -0.3 is 10.1 Å². The second-order valence-corrected chi connectivity index (χ2v) is 12.6. The average Bonchev–Trinajstić information content (AvgIpc) is 3.20. The van der Waals surface area contributed by atoms with Gasteiger partial charge in [-0.2, -0.15) is 31.4 Å². The van der Waals surface area contributed by atoms with Crippen LogP contribution in [0.5, 0.6) is 5.75 Å². The van der Waals surface area contributed by atoms with Gasteiger partial charge in [-0.05, 0) is 62.6 Å². The molecule has 1 fully saturated rings. The Labute approximate surface area is 233 Å². The number of sulfone groups is 1. The summed E-state index contributed by atoms with van der Waals surface area (Å²) in [4.78, 5) is 13.0. The van der Waals surface area contributed by atoms with Crippen LogP contribution in [-0.2, 0) is 22.8 Å². The number of hydrogen-bond acceptors (Lipinski definition) is 5. The molecule has 15 heteroatoms. The first kappa shape index (κ1) is 32.0. The van der Waals surface area contributed by atoms with Crippen molar-refractivity contribution in [2.75, 3.05) is 19.9 Å². The van der Waals surface area contributed by atoms with Gasteiger partial charge in [0.2, 0.25) is 0 Å². The van der Waals surface area contributed by atoms with Crippen LogP contribution in [0.15, 0.2) is 18.2 Å². The van der Waals surface area contributed by atoms with Crippen LogP contribution >= 0.6 is 11.6 Å². The molecule has 0 atom stereocenters. The highest BCUT2D eigenvalue weighted by Gasteiger charge is 2.56. The average molecular weight is 618 g/mol. The van der Waals surface area contributed by atoms with Crippen LogP contribution < -0.4 is 10.1 Å². The molecule has 0 saturated heterocycles. The fourth-order valence-electron chi connectivity index (χ4n) is 4.87. The van der Waals surface area contributed by atoms with Gasteiger partial charge in [-0.3, -0.25) is 9.48 Å². The van der Waals surface area contributed by atoms with E-state index in [0.29, 0.717) is 25.7 Å². The predicted molar refractivity (Wildman–Crippen MR) is 137 cm³/mol. The van der Waals surface area contributed by atoms with Crippen LogP contribution in [-0.4, -0.2) is 61.6 Å². The molecular weight excluding hydrogens is 588 g/mol. The number of ether oxygens (including phenoxy) is 1. The van der Waals surface area contributed by atoms with Gasteiger partial charge in [-0.25, -0.2) is 8.42 Å². The number of aryl methyl sites for hydroxylation is 1. The summed E-state index contributed by atoms with van der Waals surface area (Å²) in [7, 11) is -1.91. The minimum absolute atomic E-state index is 0.0355. The van der Waals surface area contributed by atoms with Crippen LogP contribution in [0.1, 0.15) is 48.7 Å². The highest BCUT2D eigenvalue weighted by atomic mass is 35.5. The molecule has 1 aromatic carbocycles. The number of nitrogens with one attached hydrogen (secondary N) is 1. The maximum absolute atomic E-state index is 13.1. The summed E-state index contributed by atoms with van der Waals surface area (Å²) in [6.45, 7) is 2.25. The van der Waals surface area contributed by atoms with Crippen LogP contribution in [0.25, 0.3) is 11.3 Å². The number of rotatable bonds is 9. The summed E-state index contributed by atoms with van der Waals surface area (Å²) in [5, 5.41) is 6.59. The van der Waals surface area contributed by atoms with Crippen molar-refractivity contribution in [2.24, 2.45) is 11.8 Å². The van der Waals surface area contributed by atoms with E-state index in [0.717, 1.165) is 12.1 Å². The summed E-state index contributed by atoms with van der Waals surface area (Å²) in [5.41, 5.74) is 0.0973. The number of aromatic nitrogens is 2. The maximum Gasteiger partial charge on any atom is 0.400 e. The summed E-state index contributed by atoms with van der Waals surface area (Å²) < 4.78 is 109. The first-order valence-electron chi connectivity index (χ1n) is 12.5.